The van der Waals surface area contributed by atoms with Crippen molar-refractivity contribution in [3.8, 4) is 11.5 Å². The van der Waals surface area contributed by atoms with Crippen LogP contribution in [0.15, 0.2) is 59.1 Å². The van der Waals surface area contributed by atoms with Gasteiger partial charge < -0.3 is 14.2 Å². The van der Waals surface area contributed by atoms with E-state index in [0.717, 1.165) is 10.0 Å². The molecular formula is C24H30BrNO6SSi. The van der Waals surface area contributed by atoms with Crippen LogP contribution in [0.1, 0.15) is 17.2 Å². The Morgan fingerprint density at radius 2 is 1.88 bits per heavy atom. The maximum Gasteiger partial charge on any atom is 0.335 e. The Hall–Kier alpha value is -2.14. The zero-order chi connectivity index (χ0) is 25.1. The van der Waals surface area contributed by atoms with Gasteiger partial charge in [0.1, 0.15) is 0 Å². The van der Waals surface area contributed by atoms with Crippen molar-refractivity contribution in [2.24, 2.45) is 0 Å². The van der Waals surface area contributed by atoms with Crippen molar-refractivity contribution in [1.29, 1.82) is 0 Å². The molecular weight excluding hydrogens is 538 g/mol. The molecule has 1 atom stereocenters. The number of esters is 1. The van der Waals surface area contributed by atoms with Crippen molar-refractivity contribution in [2.45, 2.75) is 38.3 Å². The third-order valence-corrected chi connectivity index (χ3v) is 10.2. The van der Waals surface area contributed by atoms with E-state index in [4.69, 9.17) is 14.2 Å². The number of methoxy groups -OCH3 is 1. The number of nitrogens with zero attached hydrogens (tertiary/aromatic N) is 1. The molecule has 0 bridgehead atoms. The normalized spacial score (nSPS) is 14.2. The summed E-state index contributed by atoms with van der Waals surface area (Å²) in [5.41, 5.74) is 1.23. The van der Waals surface area contributed by atoms with E-state index in [0.29, 0.717) is 23.1 Å². The molecule has 0 spiro atoms. The highest BCUT2D eigenvalue weighted by Gasteiger charge is 2.39. The molecule has 3 rings (SSSR count). The first-order valence-corrected chi connectivity index (χ1v) is 16.9. The van der Waals surface area contributed by atoms with Crippen molar-refractivity contribution in [1.82, 2.24) is 4.31 Å². The van der Waals surface area contributed by atoms with Crippen LogP contribution in [-0.2, 0) is 26.1 Å². The van der Waals surface area contributed by atoms with E-state index < -0.39 is 30.1 Å². The first-order chi connectivity index (χ1) is 15.9. The largest absolute Gasteiger partial charge is 0.466 e. The van der Waals surface area contributed by atoms with Crippen molar-refractivity contribution in [3.05, 3.63) is 70.2 Å². The predicted octanol–water partition coefficient (Wildman–Crippen LogP) is 5.12. The summed E-state index contributed by atoms with van der Waals surface area (Å²) in [6.07, 6.45) is 0. The Bertz CT molecular complexity index is 1180. The number of halogens is 1. The molecule has 0 amide bonds. The number of benzene rings is 2. The summed E-state index contributed by atoms with van der Waals surface area (Å²) < 4.78 is 46.0. The average Bonchev–Trinajstić information content (AvgIpc) is 3.27. The van der Waals surface area contributed by atoms with Crippen LogP contribution in [0.5, 0.6) is 11.5 Å². The van der Waals surface area contributed by atoms with Gasteiger partial charge >= 0.3 is 5.97 Å². The minimum atomic E-state index is -3.84. The quantitative estimate of drug-likeness (QED) is 0.225. The van der Waals surface area contributed by atoms with Crippen LogP contribution in [0.3, 0.4) is 0 Å². The van der Waals surface area contributed by atoms with Crippen molar-refractivity contribution in [2.75, 3.05) is 19.7 Å². The number of ether oxygens (including phenoxy) is 3. The Labute approximate surface area is 210 Å². The van der Waals surface area contributed by atoms with Gasteiger partial charge in [-0.15, -0.1) is 0 Å². The predicted molar refractivity (Wildman–Crippen MR) is 138 cm³/mol. The van der Waals surface area contributed by atoms with Gasteiger partial charge in [-0.05, 0) is 23.7 Å². The fourth-order valence-corrected chi connectivity index (χ4v) is 8.65. The van der Waals surface area contributed by atoms with E-state index in [1.54, 1.807) is 18.2 Å². The maximum atomic E-state index is 13.9. The lowest BCUT2D eigenvalue weighted by Crippen LogP contribution is -2.40. The third kappa shape index (κ3) is 6.10. The van der Waals surface area contributed by atoms with E-state index in [2.05, 4.69) is 42.1 Å². The molecule has 1 heterocycles. The molecule has 1 unspecified atom stereocenters. The van der Waals surface area contributed by atoms with Gasteiger partial charge in [0.05, 0.1) is 24.5 Å². The molecule has 1 aliphatic heterocycles. The molecule has 7 nitrogen and oxygen atoms in total. The summed E-state index contributed by atoms with van der Waals surface area (Å²) in [6, 6.07) is 12.1. The topological polar surface area (TPSA) is 82.1 Å². The van der Waals surface area contributed by atoms with Gasteiger partial charge in [-0.1, -0.05) is 72.5 Å². The number of hydrogen-bond donors (Lipinski definition) is 0. The molecule has 2 aromatic rings. The standard InChI is InChI=1S/C24H30BrNO6SSi/c1-17(24(27)30-2)22(19-10-8-12-21-23(19)32-16-31-21)26(15-18-9-6-7-11-20(18)25)33(28,29)13-14-34(3,4)5/h6-12,22H,1,13-16H2,2-5H3. The number of carbonyl (C=O) groups excluding carboxylic acids is 1. The third-order valence-electron chi connectivity index (χ3n) is 5.54. The molecule has 0 N–H and O–H groups in total. The molecule has 0 radical (unpaired) electrons. The lowest BCUT2D eigenvalue weighted by atomic mass is 9.98. The Kier molecular flexibility index (Phi) is 8.28. The number of para-hydroxylation sites is 1. The van der Waals surface area contributed by atoms with Crippen molar-refractivity contribution < 1.29 is 27.4 Å². The molecule has 1 aliphatic rings. The van der Waals surface area contributed by atoms with Gasteiger partial charge in [0, 0.05) is 24.7 Å². The fraction of sp³-hybridized carbons (Fsp3) is 0.375. The highest BCUT2D eigenvalue weighted by atomic mass is 79.9. The van der Waals surface area contributed by atoms with Crippen LogP contribution in [-0.4, -0.2) is 46.4 Å². The first kappa shape index (κ1) is 26.5. The first-order valence-electron chi connectivity index (χ1n) is 10.8. The van der Waals surface area contributed by atoms with Crippen LogP contribution in [0.25, 0.3) is 0 Å². The second-order valence-corrected chi connectivity index (χ2v) is 17.8. The fourth-order valence-electron chi connectivity index (χ4n) is 3.62. The van der Waals surface area contributed by atoms with Gasteiger partial charge in [0.15, 0.2) is 11.5 Å². The van der Waals surface area contributed by atoms with Gasteiger partial charge in [-0.25, -0.2) is 13.2 Å². The molecule has 2 aromatic carbocycles. The van der Waals surface area contributed by atoms with E-state index in [1.165, 1.54) is 11.4 Å². The smallest absolute Gasteiger partial charge is 0.335 e. The second-order valence-electron chi connectivity index (χ2n) is 9.26. The van der Waals surface area contributed by atoms with Crippen LogP contribution in [0.2, 0.25) is 25.7 Å². The number of carbonyl (C=O) groups is 1. The van der Waals surface area contributed by atoms with Crippen LogP contribution in [0, 0.1) is 0 Å². The van der Waals surface area contributed by atoms with Gasteiger partial charge in [0.2, 0.25) is 16.8 Å². The van der Waals surface area contributed by atoms with Gasteiger partial charge in [-0.3, -0.25) is 0 Å². The maximum absolute atomic E-state index is 13.9. The molecule has 34 heavy (non-hydrogen) atoms. The lowest BCUT2D eigenvalue weighted by Gasteiger charge is -2.33. The van der Waals surface area contributed by atoms with Crippen LogP contribution >= 0.6 is 15.9 Å². The summed E-state index contributed by atoms with van der Waals surface area (Å²) in [6.45, 7) is 10.4. The number of sulfonamides is 1. The lowest BCUT2D eigenvalue weighted by molar-refractivity contribution is -0.136. The monoisotopic (exact) mass is 567 g/mol. The number of rotatable bonds is 10. The summed E-state index contributed by atoms with van der Waals surface area (Å²) >= 11 is 3.52. The molecule has 184 valence electrons. The van der Waals surface area contributed by atoms with E-state index in [-0.39, 0.29) is 24.7 Å². The zero-order valence-electron chi connectivity index (χ0n) is 19.8. The SMILES string of the molecule is C=C(C(=O)OC)C(c1cccc2c1OCO2)N(Cc1ccccc1Br)S(=O)(=O)CC[Si](C)(C)C. The molecule has 0 aliphatic carbocycles. The van der Waals surface area contributed by atoms with E-state index in [9.17, 15) is 13.2 Å². The highest BCUT2D eigenvalue weighted by Crippen LogP contribution is 2.44. The summed E-state index contributed by atoms with van der Waals surface area (Å²) in [4.78, 5) is 12.7. The minimum Gasteiger partial charge on any atom is -0.466 e. The van der Waals surface area contributed by atoms with Crippen LogP contribution < -0.4 is 9.47 Å². The molecule has 10 heteroatoms. The summed E-state index contributed by atoms with van der Waals surface area (Å²) in [5.74, 6) is 0.152. The van der Waals surface area contributed by atoms with Crippen molar-refractivity contribution in [3.63, 3.8) is 0 Å². The molecule has 0 saturated carbocycles. The average molecular weight is 569 g/mol. The van der Waals surface area contributed by atoms with Gasteiger partial charge in [0.25, 0.3) is 0 Å². The molecule has 0 saturated heterocycles. The zero-order valence-corrected chi connectivity index (χ0v) is 23.2. The molecule has 0 fully saturated rings. The Balaban J connectivity index is 2.19. The van der Waals surface area contributed by atoms with E-state index in [1.807, 2.05) is 24.3 Å². The Morgan fingerprint density at radius 3 is 2.53 bits per heavy atom. The Morgan fingerprint density at radius 1 is 1.18 bits per heavy atom. The van der Waals surface area contributed by atoms with E-state index >= 15 is 0 Å². The number of fused-ring (bicyclic) bond motifs is 1. The molecule has 0 aromatic heterocycles. The summed E-state index contributed by atoms with van der Waals surface area (Å²) in [7, 11) is -4.27. The summed E-state index contributed by atoms with van der Waals surface area (Å²) in [5, 5.41) is 0. The minimum absolute atomic E-state index is 0.00460. The van der Waals surface area contributed by atoms with Crippen LogP contribution in [0.4, 0.5) is 0 Å². The number of hydrogen-bond acceptors (Lipinski definition) is 6. The van der Waals surface area contributed by atoms with Gasteiger partial charge in [-0.2, -0.15) is 4.31 Å². The highest BCUT2D eigenvalue weighted by molar-refractivity contribution is 9.10. The van der Waals surface area contributed by atoms with Crippen molar-refractivity contribution >= 4 is 40.0 Å². The second kappa shape index (κ2) is 10.6.